The topological polar surface area (TPSA) is 97.5 Å². The Labute approximate surface area is 96.6 Å². The van der Waals surface area contributed by atoms with Crippen LogP contribution >= 0.6 is 11.5 Å². The number of nitrogens with two attached hydrogens (primary N) is 1. The molecule has 1 aliphatic rings. The fraction of sp³-hybridized carbons (Fsp3) is 0.556. The van der Waals surface area contributed by atoms with Crippen LogP contribution in [-0.4, -0.2) is 40.7 Å². The van der Waals surface area contributed by atoms with E-state index in [0.717, 1.165) is 11.5 Å². The van der Waals surface area contributed by atoms with Crippen molar-refractivity contribution in [3.05, 3.63) is 10.9 Å². The minimum atomic E-state index is -0.662. The fourth-order valence-electron chi connectivity index (χ4n) is 1.55. The van der Waals surface area contributed by atoms with Crippen LogP contribution in [0.1, 0.15) is 16.8 Å². The van der Waals surface area contributed by atoms with Crippen LogP contribution in [0.3, 0.4) is 0 Å². The normalized spacial score (nSPS) is 25.3. The van der Waals surface area contributed by atoms with E-state index < -0.39 is 6.10 Å². The molecule has 0 bridgehead atoms. The lowest BCUT2D eigenvalue weighted by molar-refractivity contribution is -0.0260. The second-order valence-corrected chi connectivity index (χ2v) is 4.25. The lowest BCUT2D eigenvalue weighted by Crippen LogP contribution is -2.48. The Hall–Kier alpha value is -1.18. The molecule has 1 saturated heterocycles. The highest BCUT2D eigenvalue weighted by atomic mass is 32.1. The second kappa shape index (κ2) is 4.77. The van der Waals surface area contributed by atoms with Gasteiger partial charge in [-0.05, 0) is 18.0 Å². The highest BCUT2D eigenvalue weighted by Gasteiger charge is 2.26. The first kappa shape index (κ1) is 11.3. The van der Waals surface area contributed by atoms with Crippen LogP contribution in [0.2, 0.25) is 0 Å². The van der Waals surface area contributed by atoms with Crippen molar-refractivity contribution in [2.75, 3.05) is 18.9 Å². The van der Waals surface area contributed by atoms with Gasteiger partial charge in [0.25, 0.3) is 5.91 Å². The van der Waals surface area contributed by atoms with E-state index in [1.165, 1.54) is 0 Å². The Kier molecular flexibility index (Phi) is 3.37. The largest absolute Gasteiger partial charge is 0.389 e. The van der Waals surface area contributed by atoms with Crippen molar-refractivity contribution >= 4 is 23.3 Å². The maximum atomic E-state index is 11.8. The van der Waals surface area contributed by atoms with Crippen LogP contribution in [0.25, 0.3) is 0 Å². The molecule has 2 heterocycles. The molecule has 2 atom stereocenters. The third-order valence-corrected chi connectivity index (χ3v) is 3.13. The first-order valence-corrected chi connectivity index (χ1v) is 5.78. The maximum Gasteiger partial charge on any atom is 0.256 e. The molecule has 6 nitrogen and oxygen atoms in total. The molecule has 2 rings (SSSR count). The molecular weight excluding hydrogens is 230 g/mol. The SMILES string of the molecule is Nc1nscc1C(=O)N[C@@H]1CCOC[C@H]1O. The molecule has 1 aromatic rings. The minimum absolute atomic E-state index is 0.226. The standard InChI is InChI=1S/C9H13N3O3S/c10-8-5(4-16-12-8)9(14)11-6-1-2-15-3-7(6)13/h4,6-7,13H,1-3H2,(H2,10,12)(H,11,14)/t6-,7-/m1/s1. The number of rotatable bonds is 2. The number of aromatic nitrogens is 1. The van der Waals surface area contributed by atoms with E-state index >= 15 is 0 Å². The number of ether oxygens (including phenoxy) is 1. The number of nitrogens with one attached hydrogen (secondary N) is 1. The fourth-order valence-corrected chi connectivity index (χ4v) is 2.15. The number of hydrogen-bond acceptors (Lipinski definition) is 6. The third-order valence-electron chi connectivity index (χ3n) is 2.48. The average Bonchev–Trinajstić information content (AvgIpc) is 2.68. The van der Waals surface area contributed by atoms with Gasteiger partial charge in [0.15, 0.2) is 0 Å². The zero-order chi connectivity index (χ0) is 11.5. The van der Waals surface area contributed by atoms with Gasteiger partial charge in [-0.2, -0.15) is 4.37 Å². The van der Waals surface area contributed by atoms with Crippen molar-refractivity contribution < 1.29 is 14.6 Å². The molecule has 0 radical (unpaired) electrons. The highest BCUT2D eigenvalue weighted by Crippen LogP contribution is 2.14. The van der Waals surface area contributed by atoms with Crippen LogP contribution in [0.4, 0.5) is 5.82 Å². The Morgan fingerprint density at radius 2 is 2.56 bits per heavy atom. The number of amides is 1. The number of carbonyl (C=O) groups excluding carboxylic acids is 1. The Morgan fingerprint density at radius 3 is 3.19 bits per heavy atom. The van der Waals surface area contributed by atoms with Crippen molar-refractivity contribution in [3.8, 4) is 0 Å². The molecule has 16 heavy (non-hydrogen) atoms. The van der Waals surface area contributed by atoms with Gasteiger partial charge in [0.2, 0.25) is 0 Å². The van der Waals surface area contributed by atoms with Crippen molar-refractivity contribution in [2.24, 2.45) is 0 Å². The molecule has 0 aliphatic carbocycles. The zero-order valence-electron chi connectivity index (χ0n) is 8.55. The lowest BCUT2D eigenvalue weighted by atomic mass is 10.1. The number of aliphatic hydroxyl groups excluding tert-OH is 1. The van der Waals surface area contributed by atoms with Crippen LogP contribution in [0.5, 0.6) is 0 Å². The summed E-state index contributed by atoms with van der Waals surface area (Å²) in [5.74, 6) is -0.0683. The van der Waals surface area contributed by atoms with E-state index in [-0.39, 0.29) is 24.4 Å². The van der Waals surface area contributed by atoms with E-state index in [9.17, 15) is 9.90 Å². The summed E-state index contributed by atoms with van der Waals surface area (Å²) in [5, 5.41) is 13.9. The summed E-state index contributed by atoms with van der Waals surface area (Å²) in [6, 6.07) is -0.277. The average molecular weight is 243 g/mol. The van der Waals surface area contributed by atoms with Crippen LogP contribution in [0.15, 0.2) is 5.38 Å². The Bertz CT molecular complexity index is 382. The molecule has 88 valence electrons. The Balaban J connectivity index is 1.99. The zero-order valence-corrected chi connectivity index (χ0v) is 9.37. The van der Waals surface area contributed by atoms with E-state index in [4.69, 9.17) is 10.5 Å². The van der Waals surface area contributed by atoms with Gasteiger partial charge in [-0.3, -0.25) is 4.79 Å². The van der Waals surface area contributed by atoms with E-state index in [2.05, 4.69) is 9.69 Å². The third kappa shape index (κ3) is 2.31. The summed E-state index contributed by atoms with van der Waals surface area (Å²) in [6.07, 6.45) is -0.0600. The van der Waals surface area contributed by atoms with Crippen LogP contribution < -0.4 is 11.1 Å². The van der Waals surface area contributed by atoms with Gasteiger partial charge < -0.3 is 20.9 Å². The minimum Gasteiger partial charge on any atom is -0.389 e. The molecule has 0 spiro atoms. The summed E-state index contributed by atoms with van der Waals surface area (Å²) in [5.41, 5.74) is 5.90. The van der Waals surface area contributed by atoms with E-state index in [1.54, 1.807) is 5.38 Å². The molecule has 1 aromatic heterocycles. The summed E-state index contributed by atoms with van der Waals surface area (Å²) in [6.45, 7) is 0.793. The van der Waals surface area contributed by atoms with Gasteiger partial charge in [0, 0.05) is 12.0 Å². The van der Waals surface area contributed by atoms with Crippen molar-refractivity contribution in [2.45, 2.75) is 18.6 Å². The maximum absolute atomic E-state index is 11.8. The highest BCUT2D eigenvalue weighted by molar-refractivity contribution is 7.04. The van der Waals surface area contributed by atoms with E-state index in [0.29, 0.717) is 18.6 Å². The molecule has 1 aliphatic heterocycles. The number of hydrogen-bond donors (Lipinski definition) is 3. The van der Waals surface area contributed by atoms with Gasteiger partial charge in [-0.25, -0.2) is 0 Å². The summed E-state index contributed by atoms with van der Waals surface area (Å²) in [7, 11) is 0. The van der Waals surface area contributed by atoms with Crippen molar-refractivity contribution in [1.29, 1.82) is 0 Å². The lowest BCUT2D eigenvalue weighted by Gasteiger charge is -2.28. The van der Waals surface area contributed by atoms with Gasteiger partial charge in [0.05, 0.1) is 24.3 Å². The Morgan fingerprint density at radius 1 is 1.75 bits per heavy atom. The summed E-state index contributed by atoms with van der Waals surface area (Å²) >= 11 is 1.13. The predicted molar refractivity (Wildman–Crippen MR) is 59.2 cm³/mol. The van der Waals surface area contributed by atoms with Crippen molar-refractivity contribution in [1.82, 2.24) is 9.69 Å². The number of aliphatic hydroxyl groups is 1. The first-order valence-electron chi connectivity index (χ1n) is 4.95. The molecule has 1 amide bonds. The number of nitrogens with zero attached hydrogens (tertiary/aromatic N) is 1. The van der Waals surface area contributed by atoms with Crippen LogP contribution in [-0.2, 0) is 4.74 Å². The van der Waals surface area contributed by atoms with Gasteiger partial charge in [0.1, 0.15) is 5.82 Å². The number of anilines is 1. The molecule has 7 heteroatoms. The number of carbonyl (C=O) groups is 1. The molecule has 0 aromatic carbocycles. The van der Waals surface area contributed by atoms with E-state index in [1.807, 2.05) is 0 Å². The monoisotopic (exact) mass is 243 g/mol. The smallest absolute Gasteiger partial charge is 0.256 e. The molecular formula is C9H13N3O3S. The second-order valence-electron chi connectivity index (χ2n) is 3.62. The van der Waals surface area contributed by atoms with Gasteiger partial charge in [-0.1, -0.05) is 0 Å². The molecule has 0 unspecified atom stereocenters. The van der Waals surface area contributed by atoms with Gasteiger partial charge in [-0.15, -0.1) is 0 Å². The molecule has 4 N–H and O–H groups in total. The number of nitrogen functional groups attached to an aromatic ring is 1. The molecule has 1 fully saturated rings. The quantitative estimate of drug-likeness (QED) is 0.657. The molecule has 0 saturated carbocycles. The van der Waals surface area contributed by atoms with Crippen molar-refractivity contribution in [3.63, 3.8) is 0 Å². The first-order chi connectivity index (χ1) is 7.68. The summed E-state index contributed by atoms with van der Waals surface area (Å²) < 4.78 is 8.89. The predicted octanol–water partition coefficient (Wildman–Crippen LogP) is -0.395. The summed E-state index contributed by atoms with van der Waals surface area (Å²) in [4.78, 5) is 11.8. The van der Waals surface area contributed by atoms with Crippen LogP contribution in [0, 0.1) is 0 Å². The van der Waals surface area contributed by atoms with Gasteiger partial charge >= 0.3 is 0 Å².